The molecule has 0 aliphatic carbocycles. The van der Waals surface area contributed by atoms with Crippen molar-refractivity contribution in [2.24, 2.45) is 5.92 Å². The highest BCUT2D eigenvalue weighted by atomic mass is 19.4. The molecule has 3 unspecified atom stereocenters. The van der Waals surface area contributed by atoms with Gasteiger partial charge in [0.25, 0.3) is 0 Å². The maximum atomic E-state index is 13.4. The molecule has 2 amide bonds. The van der Waals surface area contributed by atoms with E-state index in [1.165, 1.54) is 0 Å². The van der Waals surface area contributed by atoms with Crippen molar-refractivity contribution < 1.29 is 35.9 Å². The predicted molar refractivity (Wildman–Crippen MR) is 127 cm³/mol. The van der Waals surface area contributed by atoms with E-state index in [0.717, 1.165) is 12.4 Å². The van der Waals surface area contributed by atoms with Crippen LogP contribution < -0.4 is 21.1 Å². The Labute approximate surface area is 221 Å². The normalized spacial score (nSPS) is 26.3. The molecule has 16 heteroatoms. The molecule has 0 aromatic carbocycles. The fourth-order valence-electron chi connectivity index (χ4n) is 5.60. The van der Waals surface area contributed by atoms with Gasteiger partial charge >= 0.3 is 12.4 Å². The number of carbonyl (C=O) groups excluding carboxylic acids is 2. The Morgan fingerprint density at radius 3 is 2.31 bits per heavy atom. The van der Waals surface area contributed by atoms with Gasteiger partial charge in [0, 0.05) is 63.2 Å². The summed E-state index contributed by atoms with van der Waals surface area (Å²) in [7, 11) is 1.75. The van der Waals surface area contributed by atoms with Crippen LogP contribution in [-0.2, 0) is 15.8 Å². The summed E-state index contributed by atoms with van der Waals surface area (Å²) in [5.41, 5.74) is 3.59. The zero-order valence-electron chi connectivity index (χ0n) is 21.5. The summed E-state index contributed by atoms with van der Waals surface area (Å²) in [5.74, 6) is -3.15. The first-order valence-electron chi connectivity index (χ1n) is 12.8. The first kappa shape index (κ1) is 29.3. The molecule has 3 N–H and O–H groups in total. The van der Waals surface area contributed by atoms with Gasteiger partial charge in [-0.25, -0.2) is 15.4 Å². The Morgan fingerprint density at radius 1 is 1.08 bits per heavy atom. The molecule has 0 bridgehead atoms. The van der Waals surface area contributed by atoms with Gasteiger partial charge in [-0.05, 0) is 33.2 Å². The number of amides is 2. The Kier molecular flexibility index (Phi) is 8.56. The molecule has 0 radical (unpaired) electrons. The van der Waals surface area contributed by atoms with Gasteiger partial charge in [-0.1, -0.05) is 0 Å². The van der Waals surface area contributed by atoms with Gasteiger partial charge in [0.1, 0.15) is 0 Å². The average Bonchev–Trinajstić information content (AvgIpc) is 3.24. The minimum atomic E-state index is -4.69. The molecule has 4 atom stereocenters. The lowest BCUT2D eigenvalue weighted by Crippen LogP contribution is -2.65. The second-order valence-corrected chi connectivity index (χ2v) is 10.3. The molecule has 39 heavy (non-hydrogen) atoms. The van der Waals surface area contributed by atoms with Crippen LogP contribution in [-0.4, -0.2) is 102 Å². The van der Waals surface area contributed by atoms with Gasteiger partial charge in [-0.3, -0.25) is 19.9 Å². The third-order valence-corrected chi connectivity index (χ3v) is 7.53. The van der Waals surface area contributed by atoms with Crippen LogP contribution in [0.1, 0.15) is 31.7 Å². The molecule has 10 nitrogen and oxygen atoms in total. The van der Waals surface area contributed by atoms with Crippen molar-refractivity contribution >= 4 is 17.8 Å². The summed E-state index contributed by atoms with van der Waals surface area (Å²) in [5, 5.41) is 2.89. The predicted octanol–water partition coefficient (Wildman–Crippen LogP) is 1.16. The molecule has 4 heterocycles. The molecule has 3 aliphatic rings. The Balaban J connectivity index is 1.27. The highest BCUT2D eigenvalue weighted by Gasteiger charge is 2.51. The quantitative estimate of drug-likeness (QED) is 0.423. The minimum absolute atomic E-state index is 0.0310. The molecule has 0 saturated carbocycles. The minimum Gasteiger partial charge on any atom is -0.341 e. The zero-order chi connectivity index (χ0) is 28.5. The largest absolute Gasteiger partial charge is 0.419 e. The van der Waals surface area contributed by atoms with E-state index in [1.54, 1.807) is 18.9 Å². The van der Waals surface area contributed by atoms with Crippen LogP contribution in [0.5, 0.6) is 0 Å². The van der Waals surface area contributed by atoms with E-state index in [1.807, 2.05) is 15.2 Å². The van der Waals surface area contributed by atoms with E-state index in [0.29, 0.717) is 45.4 Å². The molecular formula is C23H32F6N8O2. The number of anilines is 1. The van der Waals surface area contributed by atoms with E-state index in [4.69, 9.17) is 0 Å². The lowest BCUT2D eigenvalue weighted by atomic mass is 9.95. The van der Waals surface area contributed by atoms with Crippen molar-refractivity contribution in [3.8, 4) is 0 Å². The van der Waals surface area contributed by atoms with Gasteiger partial charge in [0.15, 0.2) is 5.92 Å². The summed E-state index contributed by atoms with van der Waals surface area (Å²) in [6, 6.07) is -2.02. The number of hydrogen-bond acceptors (Lipinski definition) is 8. The van der Waals surface area contributed by atoms with Crippen LogP contribution in [0.25, 0.3) is 0 Å². The Hall–Kier alpha value is -2.72. The van der Waals surface area contributed by atoms with E-state index in [9.17, 15) is 35.9 Å². The van der Waals surface area contributed by atoms with E-state index in [2.05, 4.69) is 20.7 Å². The molecule has 218 valence electrons. The molecule has 3 fully saturated rings. The average molecular weight is 567 g/mol. The number of likely N-dealkylation sites (N-methyl/N-ethyl adjacent to an activating group) is 1. The molecule has 3 aliphatic heterocycles. The number of nitrogens with zero attached hydrogens (tertiary/aromatic N) is 5. The number of likely N-dealkylation sites (tertiary alicyclic amines) is 1. The van der Waals surface area contributed by atoms with Gasteiger partial charge in [-0.2, -0.15) is 26.3 Å². The summed E-state index contributed by atoms with van der Waals surface area (Å²) >= 11 is 0. The monoisotopic (exact) mass is 566 g/mol. The third kappa shape index (κ3) is 6.72. The van der Waals surface area contributed by atoms with E-state index >= 15 is 0 Å². The van der Waals surface area contributed by atoms with Gasteiger partial charge in [-0.15, -0.1) is 0 Å². The Morgan fingerprint density at radius 2 is 1.72 bits per heavy atom. The molecular weight excluding hydrogens is 534 g/mol. The SMILES string of the molecule is C[C@@H](CN(C)C1CCN(C2CCN(c3ncc(C(F)(F)F)cn3)CC2)C1=O)NC1CNNC(=O)C1C(F)(F)F. The second kappa shape index (κ2) is 11.4. The summed E-state index contributed by atoms with van der Waals surface area (Å²) in [6.45, 7) is 3.45. The number of rotatable bonds is 7. The van der Waals surface area contributed by atoms with Gasteiger partial charge < -0.3 is 15.1 Å². The van der Waals surface area contributed by atoms with Crippen LogP contribution >= 0.6 is 0 Å². The van der Waals surface area contributed by atoms with Gasteiger partial charge in [0.2, 0.25) is 17.8 Å². The molecule has 4 rings (SSSR count). The lowest BCUT2D eigenvalue weighted by molar-refractivity contribution is -0.193. The highest BCUT2D eigenvalue weighted by Crippen LogP contribution is 2.31. The number of alkyl halides is 6. The van der Waals surface area contributed by atoms with Gasteiger partial charge in [0.05, 0.1) is 11.6 Å². The second-order valence-electron chi connectivity index (χ2n) is 10.3. The smallest absolute Gasteiger partial charge is 0.341 e. The molecule has 1 aromatic rings. The number of carbonyl (C=O) groups is 2. The van der Waals surface area contributed by atoms with Crippen LogP contribution in [0.15, 0.2) is 12.4 Å². The number of piperidine rings is 1. The van der Waals surface area contributed by atoms with Crippen molar-refractivity contribution in [3.63, 3.8) is 0 Å². The van der Waals surface area contributed by atoms with Crippen molar-refractivity contribution in [2.45, 2.75) is 62.7 Å². The van der Waals surface area contributed by atoms with E-state index in [-0.39, 0.29) is 24.4 Å². The standard InChI is InChI=1S/C23H32F6N8O2/c1-13(33-16-11-32-34-19(38)18(16)23(27,28)29)12-35(2)17-5-8-37(20(17)39)15-3-6-36(7-4-15)21-30-9-14(10-31-21)22(24,25)26/h9-10,13,15-18,32-33H,3-8,11-12H2,1-2H3,(H,34,38)/t13-,16?,17?,18?/m0/s1. The number of hydrazine groups is 1. The molecule has 0 spiro atoms. The van der Waals surface area contributed by atoms with E-state index < -0.39 is 47.9 Å². The summed E-state index contributed by atoms with van der Waals surface area (Å²) in [4.78, 5) is 38.2. The third-order valence-electron chi connectivity index (χ3n) is 7.53. The van der Waals surface area contributed by atoms with Crippen LogP contribution in [0.4, 0.5) is 32.3 Å². The van der Waals surface area contributed by atoms with Crippen LogP contribution in [0, 0.1) is 5.92 Å². The number of nitrogens with one attached hydrogen (secondary N) is 3. The topological polar surface area (TPSA) is 106 Å². The Bertz CT molecular complexity index is 1020. The lowest BCUT2D eigenvalue weighted by Gasteiger charge is -2.37. The van der Waals surface area contributed by atoms with Crippen molar-refractivity contribution in [1.82, 2.24) is 35.9 Å². The number of hydrogen-bond donors (Lipinski definition) is 3. The molecule has 1 aromatic heterocycles. The first-order chi connectivity index (χ1) is 18.3. The summed E-state index contributed by atoms with van der Waals surface area (Å²) < 4.78 is 78.5. The number of aromatic nitrogens is 2. The van der Waals surface area contributed by atoms with Crippen LogP contribution in [0.3, 0.4) is 0 Å². The summed E-state index contributed by atoms with van der Waals surface area (Å²) in [6.07, 6.45) is -5.88. The fraction of sp³-hybridized carbons (Fsp3) is 0.739. The first-order valence-corrected chi connectivity index (χ1v) is 12.8. The van der Waals surface area contributed by atoms with Crippen LogP contribution in [0.2, 0.25) is 0 Å². The van der Waals surface area contributed by atoms with Crippen molar-refractivity contribution in [1.29, 1.82) is 0 Å². The zero-order valence-corrected chi connectivity index (χ0v) is 21.5. The maximum Gasteiger partial charge on any atom is 0.419 e. The highest BCUT2D eigenvalue weighted by molar-refractivity contribution is 5.84. The fourth-order valence-corrected chi connectivity index (χ4v) is 5.60. The molecule has 3 saturated heterocycles. The number of halogens is 6. The van der Waals surface area contributed by atoms with Crippen molar-refractivity contribution in [3.05, 3.63) is 18.0 Å². The van der Waals surface area contributed by atoms with Crippen molar-refractivity contribution in [2.75, 3.05) is 44.7 Å². The maximum absolute atomic E-state index is 13.4.